The van der Waals surface area contributed by atoms with Crippen LogP contribution in [0.3, 0.4) is 0 Å². The SMILES string of the molecule is O=C(Cc1ccc([C@H]2CCCNC2)cc1)c1ccc(Cl)cn1. The minimum Gasteiger partial charge on any atom is -0.316 e. The van der Waals surface area contributed by atoms with E-state index in [0.29, 0.717) is 23.1 Å². The van der Waals surface area contributed by atoms with Crippen molar-refractivity contribution in [2.24, 2.45) is 0 Å². The van der Waals surface area contributed by atoms with E-state index in [9.17, 15) is 4.79 Å². The van der Waals surface area contributed by atoms with E-state index < -0.39 is 0 Å². The monoisotopic (exact) mass is 314 g/mol. The lowest BCUT2D eigenvalue weighted by Crippen LogP contribution is -2.28. The molecule has 1 atom stereocenters. The molecule has 1 aliphatic rings. The van der Waals surface area contributed by atoms with E-state index in [2.05, 4.69) is 34.6 Å². The third-order valence-corrected chi connectivity index (χ3v) is 4.35. The van der Waals surface area contributed by atoms with Crippen molar-refractivity contribution in [1.82, 2.24) is 10.3 Å². The number of pyridine rings is 1. The average molecular weight is 315 g/mol. The molecule has 1 aromatic carbocycles. The number of ketones is 1. The van der Waals surface area contributed by atoms with Crippen molar-refractivity contribution in [1.29, 1.82) is 0 Å². The molecule has 0 radical (unpaired) electrons. The van der Waals surface area contributed by atoms with E-state index in [1.165, 1.54) is 24.6 Å². The standard InChI is InChI=1S/C18H19ClN2O/c19-16-7-8-17(21-12-16)18(22)10-13-3-5-14(6-4-13)15-2-1-9-20-11-15/h3-8,12,15,20H,1-2,9-11H2/t15-/m0/s1. The van der Waals surface area contributed by atoms with Gasteiger partial charge in [0.05, 0.1) is 5.02 Å². The largest absolute Gasteiger partial charge is 0.316 e. The fourth-order valence-corrected chi connectivity index (χ4v) is 2.97. The summed E-state index contributed by atoms with van der Waals surface area (Å²) in [6.07, 6.45) is 4.35. The highest BCUT2D eigenvalue weighted by Crippen LogP contribution is 2.23. The van der Waals surface area contributed by atoms with E-state index in [0.717, 1.165) is 18.7 Å². The number of Topliss-reactive ketones (excluding diaryl/α,β-unsaturated/α-hetero) is 1. The number of benzene rings is 1. The van der Waals surface area contributed by atoms with Crippen molar-refractivity contribution in [3.8, 4) is 0 Å². The van der Waals surface area contributed by atoms with Gasteiger partial charge >= 0.3 is 0 Å². The van der Waals surface area contributed by atoms with Crippen molar-refractivity contribution < 1.29 is 4.79 Å². The number of aromatic nitrogens is 1. The van der Waals surface area contributed by atoms with Crippen LogP contribution < -0.4 is 5.32 Å². The molecule has 0 saturated carbocycles. The number of nitrogens with one attached hydrogen (secondary N) is 1. The van der Waals surface area contributed by atoms with E-state index >= 15 is 0 Å². The van der Waals surface area contributed by atoms with Crippen LogP contribution in [0.15, 0.2) is 42.6 Å². The zero-order chi connectivity index (χ0) is 15.4. The summed E-state index contributed by atoms with van der Waals surface area (Å²) in [5.41, 5.74) is 2.84. The Kier molecular flexibility index (Phi) is 4.86. The highest BCUT2D eigenvalue weighted by molar-refractivity contribution is 6.30. The summed E-state index contributed by atoms with van der Waals surface area (Å²) >= 11 is 5.79. The molecule has 3 nitrogen and oxygen atoms in total. The first kappa shape index (κ1) is 15.2. The van der Waals surface area contributed by atoms with Crippen molar-refractivity contribution in [3.63, 3.8) is 0 Å². The number of carbonyl (C=O) groups excluding carboxylic acids is 1. The van der Waals surface area contributed by atoms with Crippen molar-refractivity contribution >= 4 is 17.4 Å². The first-order valence-electron chi connectivity index (χ1n) is 7.67. The number of halogens is 1. The van der Waals surface area contributed by atoms with Gasteiger partial charge in [-0.1, -0.05) is 35.9 Å². The lowest BCUT2D eigenvalue weighted by molar-refractivity contribution is 0.0988. The van der Waals surface area contributed by atoms with Gasteiger partial charge in [-0.15, -0.1) is 0 Å². The second-order valence-electron chi connectivity index (χ2n) is 5.75. The van der Waals surface area contributed by atoms with Crippen LogP contribution in [-0.2, 0) is 6.42 Å². The van der Waals surface area contributed by atoms with Crippen molar-refractivity contribution in [3.05, 3.63) is 64.4 Å². The van der Waals surface area contributed by atoms with Crippen LogP contribution >= 0.6 is 11.6 Å². The molecular weight excluding hydrogens is 296 g/mol. The van der Waals surface area contributed by atoms with E-state index in [1.54, 1.807) is 12.1 Å². The molecule has 0 aliphatic carbocycles. The van der Waals surface area contributed by atoms with Gasteiger partial charge in [-0.05, 0) is 48.6 Å². The van der Waals surface area contributed by atoms with Crippen LogP contribution in [0.1, 0.15) is 40.4 Å². The van der Waals surface area contributed by atoms with Crippen LogP contribution in [0.5, 0.6) is 0 Å². The Balaban J connectivity index is 1.65. The Bertz CT molecular complexity index is 631. The Morgan fingerprint density at radius 2 is 2.05 bits per heavy atom. The number of hydrogen-bond acceptors (Lipinski definition) is 3. The quantitative estimate of drug-likeness (QED) is 0.876. The summed E-state index contributed by atoms with van der Waals surface area (Å²) in [6, 6.07) is 11.8. The maximum absolute atomic E-state index is 12.2. The van der Waals surface area contributed by atoms with Crippen LogP contribution in [0.4, 0.5) is 0 Å². The molecule has 1 aromatic heterocycles. The first-order valence-corrected chi connectivity index (χ1v) is 8.04. The topological polar surface area (TPSA) is 42.0 Å². The molecule has 0 amide bonds. The van der Waals surface area contributed by atoms with Gasteiger partial charge in [0.1, 0.15) is 5.69 Å². The summed E-state index contributed by atoms with van der Waals surface area (Å²) in [4.78, 5) is 16.3. The minimum absolute atomic E-state index is 0.0174. The third-order valence-electron chi connectivity index (χ3n) is 4.13. The normalized spacial score (nSPS) is 18.1. The van der Waals surface area contributed by atoms with Crippen LogP contribution in [0, 0.1) is 0 Å². The Labute approximate surface area is 135 Å². The molecule has 0 unspecified atom stereocenters. The summed E-state index contributed by atoms with van der Waals surface area (Å²) in [6.45, 7) is 2.17. The molecule has 114 valence electrons. The van der Waals surface area contributed by atoms with Gasteiger partial charge in [-0.2, -0.15) is 0 Å². The van der Waals surface area contributed by atoms with Gasteiger partial charge in [0.25, 0.3) is 0 Å². The second kappa shape index (κ2) is 7.03. The number of carbonyl (C=O) groups is 1. The summed E-state index contributed by atoms with van der Waals surface area (Å²) < 4.78 is 0. The number of nitrogens with zero attached hydrogens (tertiary/aromatic N) is 1. The van der Waals surface area contributed by atoms with Crippen molar-refractivity contribution in [2.45, 2.75) is 25.2 Å². The van der Waals surface area contributed by atoms with Crippen molar-refractivity contribution in [2.75, 3.05) is 13.1 Å². The first-order chi connectivity index (χ1) is 10.7. The molecule has 0 spiro atoms. The minimum atomic E-state index is 0.0174. The molecule has 1 aliphatic heterocycles. The molecule has 1 N–H and O–H groups in total. The Hall–Kier alpha value is -1.71. The number of rotatable bonds is 4. The zero-order valence-electron chi connectivity index (χ0n) is 12.4. The molecule has 4 heteroatoms. The summed E-state index contributed by atoms with van der Waals surface area (Å²) in [7, 11) is 0. The highest BCUT2D eigenvalue weighted by atomic mass is 35.5. The van der Waals surface area contributed by atoms with Crippen LogP contribution in [0.2, 0.25) is 5.02 Å². The van der Waals surface area contributed by atoms with Gasteiger partial charge in [-0.25, -0.2) is 0 Å². The van der Waals surface area contributed by atoms with Gasteiger partial charge in [-0.3, -0.25) is 9.78 Å². The lowest BCUT2D eigenvalue weighted by Gasteiger charge is -2.23. The number of piperidine rings is 1. The highest BCUT2D eigenvalue weighted by Gasteiger charge is 2.15. The van der Waals surface area contributed by atoms with Gasteiger partial charge in [0, 0.05) is 19.2 Å². The molecule has 0 bridgehead atoms. The molecule has 3 rings (SSSR count). The van der Waals surface area contributed by atoms with Crippen LogP contribution in [-0.4, -0.2) is 23.9 Å². The van der Waals surface area contributed by atoms with E-state index in [-0.39, 0.29) is 5.78 Å². The third kappa shape index (κ3) is 3.73. The number of hydrogen-bond donors (Lipinski definition) is 1. The van der Waals surface area contributed by atoms with Gasteiger partial charge < -0.3 is 5.32 Å². The average Bonchev–Trinajstić information content (AvgIpc) is 2.57. The second-order valence-corrected chi connectivity index (χ2v) is 6.18. The molecular formula is C18H19ClN2O. The molecule has 22 heavy (non-hydrogen) atoms. The van der Waals surface area contributed by atoms with E-state index in [4.69, 9.17) is 11.6 Å². The molecule has 2 heterocycles. The molecule has 2 aromatic rings. The Morgan fingerprint density at radius 3 is 2.68 bits per heavy atom. The fraction of sp³-hybridized carbons (Fsp3) is 0.333. The predicted molar refractivity (Wildman–Crippen MR) is 88.6 cm³/mol. The predicted octanol–water partition coefficient (Wildman–Crippen LogP) is 3.63. The van der Waals surface area contributed by atoms with Gasteiger partial charge in [0.2, 0.25) is 0 Å². The van der Waals surface area contributed by atoms with Gasteiger partial charge in [0.15, 0.2) is 5.78 Å². The fourth-order valence-electron chi connectivity index (χ4n) is 2.86. The zero-order valence-corrected chi connectivity index (χ0v) is 13.1. The molecule has 1 saturated heterocycles. The summed E-state index contributed by atoms with van der Waals surface area (Å²) in [5, 5.41) is 3.98. The maximum atomic E-state index is 12.2. The Morgan fingerprint density at radius 1 is 1.23 bits per heavy atom. The van der Waals surface area contributed by atoms with E-state index in [1.807, 2.05) is 0 Å². The molecule has 1 fully saturated rings. The maximum Gasteiger partial charge on any atom is 0.185 e. The smallest absolute Gasteiger partial charge is 0.185 e. The lowest BCUT2D eigenvalue weighted by atomic mass is 9.91. The van der Waals surface area contributed by atoms with Crippen LogP contribution in [0.25, 0.3) is 0 Å². The summed E-state index contributed by atoms with van der Waals surface area (Å²) in [5.74, 6) is 0.611.